The lowest BCUT2D eigenvalue weighted by molar-refractivity contribution is -0.144. The first kappa shape index (κ1) is 28.4. The summed E-state index contributed by atoms with van der Waals surface area (Å²) in [5, 5.41) is 6.54. The molecular weight excluding hydrogens is 496 g/mol. The molecule has 5 rings (SSSR count). The predicted octanol–water partition coefficient (Wildman–Crippen LogP) is 7.55. The monoisotopic (exact) mass is 540 g/mol. The number of esters is 1. The second-order valence-corrected chi connectivity index (χ2v) is 11.7. The maximum Gasteiger partial charge on any atom is 0.325 e. The minimum Gasteiger partial charge on any atom is -0.465 e. The van der Waals surface area contributed by atoms with Crippen molar-refractivity contribution in [2.45, 2.75) is 95.7 Å². The van der Waals surface area contributed by atoms with Gasteiger partial charge in [-0.2, -0.15) is 0 Å². The smallest absolute Gasteiger partial charge is 0.325 e. The van der Waals surface area contributed by atoms with Crippen LogP contribution < -0.4 is 5.32 Å². The van der Waals surface area contributed by atoms with Crippen LogP contribution in [0.15, 0.2) is 66.7 Å². The molecule has 0 aromatic heterocycles. The highest BCUT2D eigenvalue weighted by Crippen LogP contribution is 2.35. The normalized spacial score (nSPS) is 20.6. The molecule has 0 radical (unpaired) electrons. The number of carbonyl (C=O) groups is 2. The predicted molar refractivity (Wildman–Crippen MR) is 161 cm³/mol. The Balaban J connectivity index is 1.24. The van der Waals surface area contributed by atoms with E-state index >= 15 is 0 Å². The van der Waals surface area contributed by atoms with E-state index in [0.717, 1.165) is 32.1 Å². The highest BCUT2D eigenvalue weighted by atomic mass is 16.5. The maximum atomic E-state index is 13.6. The number of hydrogen-bond acceptors (Lipinski definition) is 4. The summed E-state index contributed by atoms with van der Waals surface area (Å²) < 4.78 is 5.20. The summed E-state index contributed by atoms with van der Waals surface area (Å²) in [6, 6.07) is 24.3. The van der Waals surface area contributed by atoms with Gasteiger partial charge in [-0.05, 0) is 85.9 Å². The minimum absolute atomic E-state index is 0.0317. The van der Waals surface area contributed by atoms with E-state index in [1.165, 1.54) is 47.6 Å². The molecule has 212 valence electrons. The average molecular weight is 541 g/mol. The lowest BCUT2D eigenvalue weighted by Crippen LogP contribution is -2.44. The van der Waals surface area contributed by atoms with Crippen LogP contribution in [0.2, 0.25) is 0 Å². The van der Waals surface area contributed by atoms with Crippen LogP contribution in [-0.2, 0) is 9.53 Å². The van der Waals surface area contributed by atoms with Crippen LogP contribution in [-0.4, -0.2) is 42.0 Å². The molecule has 2 fully saturated rings. The number of benzene rings is 3. The van der Waals surface area contributed by atoms with Gasteiger partial charge in [0.25, 0.3) is 5.91 Å². The van der Waals surface area contributed by atoms with E-state index in [1.54, 1.807) is 11.8 Å². The second-order valence-electron chi connectivity index (χ2n) is 11.7. The van der Waals surface area contributed by atoms with Crippen molar-refractivity contribution >= 4 is 22.6 Å². The number of nitrogens with one attached hydrogen (secondary N) is 1. The summed E-state index contributed by atoms with van der Waals surface area (Å²) >= 11 is 0. The number of hydrogen-bond donors (Lipinski definition) is 1. The summed E-state index contributed by atoms with van der Waals surface area (Å²) in [6.07, 6.45) is 9.97. The molecule has 0 saturated heterocycles. The van der Waals surface area contributed by atoms with Crippen molar-refractivity contribution in [2.75, 3.05) is 13.2 Å². The molecule has 0 spiro atoms. The van der Waals surface area contributed by atoms with Crippen molar-refractivity contribution in [3.8, 4) is 0 Å². The van der Waals surface area contributed by atoms with Gasteiger partial charge < -0.3 is 15.0 Å². The molecule has 2 aliphatic rings. The molecule has 3 aromatic rings. The fourth-order valence-electron chi connectivity index (χ4n) is 6.88. The molecule has 3 atom stereocenters. The van der Waals surface area contributed by atoms with Gasteiger partial charge in [0.1, 0.15) is 6.54 Å². The first-order chi connectivity index (χ1) is 19.5. The Labute approximate surface area is 239 Å². The van der Waals surface area contributed by atoms with Gasteiger partial charge in [-0.15, -0.1) is 0 Å². The Morgan fingerprint density at radius 1 is 0.900 bits per heavy atom. The highest BCUT2D eigenvalue weighted by molar-refractivity contribution is 5.96. The van der Waals surface area contributed by atoms with Crippen LogP contribution in [0.1, 0.15) is 105 Å². The van der Waals surface area contributed by atoms with E-state index < -0.39 is 0 Å². The molecule has 5 nitrogen and oxygen atoms in total. The van der Waals surface area contributed by atoms with Gasteiger partial charge in [0, 0.05) is 23.7 Å². The SMILES string of the molecule is CCOC(=O)CN(C(=O)c1ccc(C2CCCC(NC(C)c3cccc4ccccc34)C2)cc1)C1CCCCC1. The Kier molecular flexibility index (Phi) is 9.53. The average Bonchev–Trinajstić information content (AvgIpc) is 3.00. The van der Waals surface area contributed by atoms with Gasteiger partial charge in [0.2, 0.25) is 0 Å². The molecule has 0 aliphatic heterocycles. The lowest BCUT2D eigenvalue weighted by Gasteiger charge is -2.34. The molecule has 1 N–H and O–H groups in total. The first-order valence-electron chi connectivity index (χ1n) is 15.3. The zero-order valence-electron chi connectivity index (χ0n) is 24.1. The topological polar surface area (TPSA) is 58.6 Å². The fraction of sp³-hybridized carbons (Fsp3) is 0.486. The third-order valence-electron chi connectivity index (χ3n) is 8.96. The van der Waals surface area contributed by atoms with Crippen molar-refractivity contribution < 1.29 is 14.3 Å². The van der Waals surface area contributed by atoms with E-state index in [0.29, 0.717) is 24.1 Å². The molecule has 0 bridgehead atoms. The standard InChI is InChI=1S/C35H44N2O3/c1-3-40-34(38)24-37(31-15-5-4-6-16-31)35(39)28-21-19-26(20-22-28)29-13-9-14-30(23-29)36-25(2)32-18-10-12-27-11-7-8-17-33(27)32/h7-8,10-12,17-22,25,29-31,36H,3-6,9,13-16,23-24H2,1-2H3. The van der Waals surface area contributed by atoms with Gasteiger partial charge in [0.05, 0.1) is 6.61 Å². The summed E-state index contributed by atoms with van der Waals surface area (Å²) in [7, 11) is 0. The number of fused-ring (bicyclic) bond motifs is 1. The zero-order valence-corrected chi connectivity index (χ0v) is 24.1. The van der Waals surface area contributed by atoms with Gasteiger partial charge in [-0.25, -0.2) is 0 Å². The van der Waals surface area contributed by atoms with Crippen LogP contribution in [0.4, 0.5) is 0 Å². The Morgan fingerprint density at radius 2 is 1.65 bits per heavy atom. The zero-order chi connectivity index (χ0) is 27.9. The van der Waals surface area contributed by atoms with E-state index in [1.807, 2.05) is 12.1 Å². The van der Waals surface area contributed by atoms with Crippen LogP contribution in [0.5, 0.6) is 0 Å². The summed E-state index contributed by atoms with van der Waals surface area (Å²) in [5.41, 5.74) is 3.32. The number of nitrogens with zero attached hydrogens (tertiary/aromatic N) is 1. The maximum absolute atomic E-state index is 13.6. The molecule has 3 aromatic carbocycles. The second kappa shape index (κ2) is 13.5. The van der Waals surface area contributed by atoms with Crippen molar-refractivity contribution in [1.29, 1.82) is 0 Å². The van der Waals surface area contributed by atoms with E-state index in [-0.39, 0.29) is 30.5 Å². The summed E-state index contributed by atoms with van der Waals surface area (Å²) in [4.78, 5) is 27.7. The Morgan fingerprint density at radius 3 is 2.42 bits per heavy atom. The lowest BCUT2D eigenvalue weighted by atomic mass is 9.80. The van der Waals surface area contributed by atoms with Crippen molar-refractivity contribution in [3.05, 3.63) is 83.4 Å². The summed E-state index contributed by atoms with van der Waals surface area (Å²) in [6.45, 7) is 4.45. The van der Waals surface area contributed by atoms with Crippen LogP contribution in [0, 0.1) is 0 Å². The first-order valence-corrected chi connectivity index (χ1v) is 15.3. The van der Waals surface area contributed by atoms with Crippen LogP contribution >= 0.6 is 0 Å². The fourth-order valence-corrected chi connectivity index (χ4v) is 6.88. The molecule has 3 unspecified atom stereocenters. The largest absolute Gasteiger partial charge is 0.465 e. The molecule has 2 aliphatic carbocycles. The third kappa shape index (κ3) is 6.75. The van der Waals surface area contributed by atoms with Gasteiger partial charge >= 0.3 is 5.97 Å². The molecule has 2 saturated carbocycles. The molecule has 5 heteroatoms. The minimum atomic E-state index is -0.323. The van der Waals surface area contributed by atoms with Gasteiger partial charge in [-0.3, -0.25) is 9.59 Å². The summed E-state index contributed by atoms with van der Waals surface area (Å²) in [5.74, 6) is 0.0965. The number of ether oxygens (including phenoxy) is 1. The third-order valence-corrected chi connectivity index (χ3v) is 8.96. The van der Waals surface area contributed by atoms with Gasteiger partial charge in [0.15, 0.2) is 0 Å². The van der Waals surface area contributed by atoms with E-state index in [4.69, 9.17) is 4.74 Å². The number of amides is 1. The molecule has 40 heavy (non-hydrogen) atoms. The van der Waals surface area contributed by atoms with Crippen molar-refractivity contribution in [3.63, 3.8) is 0 Å². The van der Waals surface area contributed by atoms with Crippen LogP contribution in [0.3, 0.4) is 0 Å². The van der Waals surface area contributed by atoms with E-state index in [2.05, 4.69) is 66.8 Å². The Hall–Kier alpha value is -3.18. The molecule has 1 amide bonds. The number of carbonyl (C=O) groups excluding carboxylic acids is 2. The van der Waals surface area contributed by atoms with Crippen molar-refractivity contribution in [2.24, 2.45) is 0 Å². The van der Waals surface area contributed by atoms with E-state index in [9.17, 15) is 9.59 Å². The van der Waals surface area contributed by atoms with Crippen LogP contribution in [0.25, 0.3) is 10.8 Å². The molecule has 0 heterocycles. The number of rotatable bonds is 9. The quantitative estimate of drug-likeness (QED) is 0.285. The molecular formula is C35H44N2O3. The van der Waals surface area contributed by atoms with Crippen molar-refractivity contribution in [1.82, 2.24) is 10.2 Å². The van der Waals surface area contributed by atoms with Gasteiger partial charge in [-0.1, -0.05) is 80.3 Å². The Bertz CT molecular complexity index is 1280. The highest BCUT2D eigenvalue weighted by Gasteiger charge is 2.29.